The number of fused-ring (bicyclic) bond motifs is 1. The summed E-state index contributed by atoms with van der Waals surface area (Å²) in [6.07, 6.45) is 1.76. The summed E-state index contributed by atoms with van der Waals surface area (Å²) in [7, 11) is 0. The summed E-state index contributed by atoms with van der Waals surface area (Å²) >= 11 is 5.91. The van der Waals surface area contributed by atoms with Crippen LogP contribution in [0.4, 0.5) is 4.39 Å². The molecule has 2 aromatic rings. The number of carbonyl (C=O) groups is 1. The highest BCUT2D eigenvalue weighted by molar-refractivity contribution is 6.31. The molecule has 0 aromatic heterocycles. The van der Waals surface area contributed by atoms with E-state index in [0.29, 0.717) is 5.56 Å². The highest BCUT2D eigenvalue weighted by atomic mass is 35.5. The number of benzene rings is 2. The molecule has 0 saturated carbocycles. The molecule has 0 fully saturated rings. The zero-order valence-electron chi connectivity index (χ0n) is 10.9. The maximum Gasteiger partial charge on any atom is 0.142 e. The van der Waals surface area contributed by atoms with Crippen molar-refractivity contribution in [2.45, 2.75) is 19.3 Å². The Kier molecular flexibility index (Phi) is 3.58. The summed E-state index contributed by atoms with van der Waals surface area (Å²) in [5.74, 6) is -0.341. The molecular formula is C17H14ClFO. The van der Waals surface area contributed by atoms with E-state index in [1.807, 2.05) is 12.1 Å². The Balaban J connectivity index is 1.74. The summed E-state index contributed by atoms with van der Waals surface area (Å²) < 4.78 is 13.4. The number of hydrogen-bond acceptors (Lipinski definition) is 1. The zero-order chi connectivity index (χ0) is 14.1. The van der Waals surface area contributed by atoms with Crippen molar-refractivity contribution in [1.82, 2.24) is 0 Å². The smallest absolute Gasteiger partial charge is 0.142 e. The third-order valence-electron chi connectivity index (χ3n) is 3.90. The van der Waals surface area contributed by atoms with Crippen LogP contribution in [0.15, 0.2) is 42.5 Å². The summed E-state index contributed by atoms with van der Waals surface area (Å²) in [6, 6.07) is 12.7. The molecule has 3 heteroatoms. The average Bonchev–Trinajstić information content (AvgIpc) is 2.88. The summed E-state index contributed by atoms with van der Waals surface area (Å²) in [5.41, 5.74) is 3.07. The molecule has 0 heterocycles. The molecule has 102 valence electrons. The number of halogens is 2. The van der Waals surface area contributed by atoms with Gasteiger partial charge in [0, 0.05) is 12.3 Å². The molecule has 0 spiro atoms. The van der Waals surface area contributed by atoms with Crippen molar-refractivity contribution in [3.8, 4) is 0 Å². The van der Waals surface area contributed by atoms with Crippen LogP contribution in [-0.2, 0) is 24.1 Å². The van der Waals surface area contributed by atoms with Gasteiger partial charge in [-0.05, 0) is 35.6 Å². The van der Waals surface area contributed by atoms with Gasteiger partial charge in [0.15, 0.2) is 0 Å². The molecule has 20 heavy (non-hydrogen) atoms. The van der Waals surface area contributed by atoms with E-state index in [9.17, 15) is 9.18 Å². The van der Waals surface area contributed by atoms with E-state index < -0.39 is 5.82 Å². The predicted molar refractivity (Wildman–Crippen MR) is 77.5 cm³/mol. The molecule has 3 rings (SSSR count). The Hall–Kier alpha value is -1.67. The predicted octanol–water partition coefficient (Wildman–Crippen LogP) is 4.01. The average molecular weight is 289 g/mol. The molecule has 1 nitrogen and oxygen atoms in total. The van der Waals surface area contributed by atoms with Crippen molar-refractivity contribution in [2.24, 2.45) is 5.92 Å². The molecule has 2 aromatic carbocycles. The van der Waals surface area contributed by atoms with E-state index in [4.69, 9.17) is 11.6 Å². The summed E-state index contributed by atoms with van der Waals surface area (Å²) in [6.45, 7) is 0. The SMILES string of the molecule is O=C(Cc1cccc(F)c1Cl)C1Cc2ccccc2C1. The van der Waals surface area contributed by atoms with Crippen LogP contribution in [0.2, 0.25) is 5.02 Å². The van der Waals surface area contributed by atoms with Gasteiger partial charge < -0.3 is 0 Å². The molecule has 0 bridgehead atoms. The van der Waals surface area contributed by atoms with Gasteiger partial charge in [0.25, 0.3) is 0 Å². The van der Waals surface area contributed by atoms with Gasteiger partial charge in [-0.1, -0.05) is 48.0 Å². The lowest BCUT2D eigenvalue weighted by Crippen LogP contribution is -2.17. The molecule has 1 aliphatic rings. The Bertz CT molecular complexity index is 641. The lowest BCUT2D eigenvalue weighted by Gasteiger charge is -2.09. The van der Waals surface area contributed by atoms with Crippen LogP contribution in [-0.4, -0.2) is 5.78 Å². The van der Waals surface area contributed by atoms with E-state index >= 15 is 0 Å². The van der Waals surface area contributed by atoms with Crippen molar-refractivity contribution in [1.29, 1.82) is 0 Å². The van der Waals surface area contributed by atoms with Crippen molar-refractivity contribution in [3.63, 3.8) is 0 Å². The second-order valence-corrected chi connectivity index (χ2v) is 5.61. The minimum Gasteiger partial charge on any atom is -0.299 e. The minimum atomic E-state index is -0.466. The van der Waals surface area contributed by atoms with Crippen LogP contribution in [0.3, 0.4) is 0 Å². The molecule has 0 atom stereocenters. The van der Waals surface area contributed by atoms with E-state index in [1.54, 1.807) is 12.1 Å². The fraction of sp³-hybridized carbons (Fsp3) is 0.235. The maximum atomic E-state index is 13.4. The highest BCUT2D eigenvalue weighted by Crippen LogP contribution is 2.29. The molecule has 0 radical (unpaired) electrons. The van der Waals surface area contributed by atoms with Crippen LogP contribution >= 0.6 is 11.6 Å². The molecular weight excluding hydrogens is 275 g/mol. The number of rotatable bonds is 3. The van der Waals surface area contributed by atoms with Crippen LogP contribution in [0.1, 0.15) is 16.7 Å². The monoisotopic (exact) mass is 288 g/mol. The van der Waals surface area contributed by atoms with Gasteiger partial charge in [-0.3, -0.25) is 4.79 Å². The van der Waals surface area contributed by atoms with E-state index in [-0.39, 0.29) is 23.1 Å². The van der Waals surface area contributed by atoms with Crippen molar-refractivity contribution < 1.29 is 9.18 Å². The van der Waals surface area contributed by atoms with E-state index in [1.165, 1.54) is 17.2 Å². The number of ketones is 1. The third kappa shape index (κ3) is 2.48. The summed E-state index contributed by atoms with van der Waals surface area (Å²) in [4.78, 5) is 12.4. The topological polar surface area (TPSA) is 17.1 Å². The van der Waals surface area contributed by atoms with Crippen LogP contribution in [0.5, 0.6) is 0 Å². The summed E-state index contributed by atoms with van der Waals surface area (Å²) in [5, 5.41) is 0.0661. The van der Waals surface area contributed by atoms with Crippen LogP contribution in [0.25, 0.3) is 0 Å². The fourth-order valence-corrected chi connectivity index (χ4v) is 3.00. The quantitative estimate of drug-likeness (QED) is 0.834. The normalized spacial score (nSPS) is 14.3. The first-order valence-corrected chi connectivity index (χ1v) is 7.05. The lowest BCUT2D eigenvalue weighted by molar-refractivity contribution is -0.121. The molecule has 0 amide bonds. The van der Waals surface area contributed by atoms with Gasteiger partial charge in [-0.15, -0.1) is 0 Å². The second-order valence-electron chi connectivity index (χ2n) is 5.23. The number of hydrogen-bond donors (Lipinski definition) is 0. The van der Waals surface area contributed by atoms with Gasteiger partial charge in [-0.25, -0.2) is 4.39 Å². The second kappa shape index (κ2) is 5.37. The van der Waals surface area contributed by atoms with Crippen LogP contribution < -0.4 is 0 Å². The van der Waals surface area contributed by atoms with Gasteiger partial charge in [0.1, 0.15) is 11.6 Å². The van der Waals surface area contributed by atoms with Gasteiger partial charge in [-0.2, -0.15) is 0 Å². The molecule has 0 aliphatic heterocycles. The lowest BCUT2D eigenvalue weighted by atomic mass is 9.95. The van der Waals surface area contributed by atoms with Crippen LogP contribution in [0, 0.1) is 11.7 Å². The van der Waals surface area contributed by atoms with Gasteiger partial charge in [0.2, 0.25) is 0 Å². The molecule has 0 N–H and O–H groups in total. The molecule has 1 aliphatic carbocycles. The Morgan fingerprint density at radius 2 is 1.75 bits per heavy atom. The van der Waals surface area contributed by atoms with Gasteiger partial charge in [0.05, 0.1) is 5.02 Å². The van der Waals surface area contributed by atoms with Crippen molar-refractivity contribution >= 4 is 17.4 Å². The van der Waals surface area contributed by atoms with Crippen molar-refractivity contribution in [2.75, 3.05) is 0 Å². The highest BCUT2D eigenvalue weighted by Gasteiger charge is 2.27. The van der Waals surface area contributed by atoms with E-state index in [2.05, 4.69) is 12.1 Å². The Morgan fingerprint density at radius 1 is 1.10 bits per heavy atom. The first kappa shape index (κ1) is 13.3. The molecule has 0 unspecified atom stereocenters. The standard InChI is InChI=1S/C17H14ClFO/c18-17-13(6-3-7-15(17)19)10-16(20)14-8-11-4-1-2-5-12(11)9-14/h1-7,14H,8-10H2. The Morgan fingerprint density at radius 3 is 2.40 bits per heavy atom. The van der Waals surface area contributed by atoms with E-state index in [0.717, 1.165) is 12.8 Å². The Labute approximate surface area is 122 Å². The third-order valence-corrected chi connectivity index (χ3v) is 4.33. The fourth-order valence-electron chi connectivity index (χ4n) is 2.80. The minimum absolute atomic E-state index is 0.00765. The van der Waals surface area contributed by atoms with Crippen molar-refractivity contribution in [3.05, 3.63) is 70.0 Å². The number of Topliss-reactive ketones (excluding diaryl/α,β-unsaturated/α-hetero) is 1. The van der Waals surface area contributed by atoms with Gasteiger partial charge >= 0.3 is 0 Å². The zero-order valence-corrected chi connectivity index (χ0v) is 11.7. The largest absolute Gasteiger partial charge is 0.299 e. The first-order valence-electron chi connectivity index (χ1n) is 6.67. The number of carbonyl (C=O) groups excluding carboxylic acids is 1. The first-order chi connectivity index (χ1) is 9.65. The molecule has 0 saturated heterocycles. The maximum absolute atomic E-state index is 13.4.